The fraction of sp³-hybridized carbons (Fsp3) is 0.333. The van der Waals surface area contributed by atoms with Crippen LogP contribution in [0.25, 0.3) is 0 Å². The summed E-state index contributed by atoms with van der Waals surface area (Å²) < 4.78 is 63.6. The minimum absolute atomic E-state index is 0.338. The van der Waals surface area contributed by atoms with Gasteiger partial charge >= 0.3 is 6.36 Å². The second-order valence-corrected chi connectivity index (χ2v) is 2.87. The number of rotatable bonds is 3. The SMILES string of the molecule is OCc1cc(C(F)F)ccc1OC(F)(F)F. The Morgan fingerprint density at radius 3 is 2.31 bits per heavy atom. The minimum Gasteiger partial charge on any atom is -0.405 e. The second-order valence-electron chi connectivity index (χ2n) is 2.87. The van der Waals surface area contributed by atoms with Gasteiger partial charge in [0, 0.05) is 11.1 Å². The fourth-order valence-corrected chi connectivity index (χ4v) is 1.08. The highest BCUT2D eigenvalue weighted by Crippen LogP contribution is 2.30. The largest absolute Gasteiger partial charge is 0.573 e. The molecule has 0 aromatic heterocycles. The third-order valence-electron chi connectivity index (χ3n) is 1.73. The first-order valence-electron chi connectivity index (χ1n) is 4.11. The molecule has 0 bridgehead atoms. The lowest BCUT2D eigenvalue weighted by Gasteiger charge is -2.13. The van der Waals surface area contributed by atoms with Gasteiger partial charge in [-0.2, -0.15) is 0 Å². The second kappa shape index (κ2) is 4.65. The number of aliphatic hydroxyl groups is 1. The standard InChI is InChI=1S/C9H7F5O2/c10-8(11)5-1-2-7(6(3-5)4-15)16-9(12,13)14/h1-3,8,15H,4H2. The van der Waals surface area contributed by atoms with E-state index in [0.717, 1.165) is 18.2 Å². The zero-order valence-corrected chi connectivity index (χ0v) is 7.76. The summed E-state index contributed by atoms with van der Waals surface area (Å²) in [6.07, 6.45) is -7.73. The monoisotopic (exact) mass is 242 g/mol. The Kier molecular flexibility index (Phi) is 3.69. The highest BCUT2D eigenvalue weighted by molar-refractivity contribution is 5.37. The summed E-state index contributed by atoms with van der Waals surface area (Å²) in [6, 6.07) is 2.33. The summed E-state index contributed by atoms with van der Waals surface area (Å²) in [4.78, 5) is 0. The number of hydrogen-bond donors (Lipinski definition) is 1. The lowest BCUT2D eigenvalue weighted by molar-refractivity contribution is -0.275. The van der Waals surface area contributed by atoms with Crippen LogP contribution in [0, 0.1) is 0 Å². The molecule has 0 aliphatic heterocycles. The zero-order chi connectivity index (χ0) is 12.3. The molecule has 0 spiro atoms. The van der Waals surface area contributed by atoms with Crippen LogP contribution in [0.15, 0.2) is 18.2 Å². The smallest absolute Gasteiger partial charge is 0.405 e. The van der Waals surface area contributed by atoms with E-state index in [1.807, 2.05) is 0 Å². The average molecular weight is 242 g/mol. The van der Waals surface area contributed by atoms with E-state index in [0.29, 0.717) is 0 Å². The molecule has 1 rings (SSSR count). The van der Waals surface area contributed by atoms with Crippen LogP contribution in [0.5, 0.6) is 5.75 Å². The first kappa shape index (κ1) is 12.7. The van der Waals surface area contributed by atoms with E-state index in [9.17, 15) is 22.0 Å². The highest BCUT2D eigenvalue weighted by atomic mass is 19.4. The van der Waals surface area contributed by atoms with Gasteiger partial charge in [0.2, 0.25) is 0 Å². The van der Waals surface area contributed by atoms with Crippen LogP contribution in [0.3, 0.4) is 0 Å². The Hall–Kier alpha value is -1.37. The Morgan fingerprint density at radius 1 is 1.25 bits per heavy atom. The maximum Gasteiger partial charge on any atom is 0.573 e. The molecule has 0 aliphatic rings. The third kappa shape index (κ3) is 3.34. The summed E-state index contributed by atoms with van der Waals surface area (Å²) in [6.45, 7) is -0.814. The van der Waals surface area contributed by atoms with Gasteiger partial charge in [0.05, 0.1) is 6.61 Å². The Bertz CT molecular complexity index is 361. The van der Waals surface area contributed by atoms with Crippen molar-refractivity contribution in [2.24, 2.45) is 0 Å². The first-order valence-corrected chi connectivity index (χ1v) is 4.11. The van der Waals surface area contributed by atoms with Gasteiger partial charge in [0.15, 0.2) is 0 Å². The van der Waals surface area contributed by atoms with E-state index in [1.165, 1.54) is 0 Å². The van der Waals surface area contributed by atoms with Crippen molar-refractivity contribution in [3.63, 3.8) is 0 Å². The molecule has 1 aromatic carbocycles. The molecule has 0 saturated carbocycles. The predicted octanol–water partition coefficient (Wildman–Crippen LogP) is 3.02. The molecule has 1 N–H and O–H groups in total. The summed E-state index contributed by atoms with van der Waals surface area (Å²) in [5, 5.41) is 8.73. The molecular formula is C9H7F5O2. The zero-order valence-electron chi connectivity index (χ0n) is 7.76. The number of hydrogen-bond acceptors (Lipinski definition) is 2. The Labute approximate surface area is 87.3 Å². The third-order valence-corrected chi connectivity index (χ3v) is 1.73. The van der Waals surface area contributed by atoms with Crippen LogP contribution in [0.2, 0.25) is 0 Å². The van der Waals surface area contributed by atoms with Crippen molar-refractivity contribution in [1.82, 2.24) is 0 Å². The molecule has 0 atom stereocenters. The first-order chi connectivity index (χ1) is 7.33. The molecule has 0 heterocycles. The molecule has 2 nitrogen and oxygen atoms in total. The van der Waals surface area contributed by atoms with E-state index in [-0.39, 0.29) is 5.56 Å². The van der Waals surface area contributed by atoms with E-state index >= 15 is 0 Å². The quantitative estimate of drug-likeness (QED) is 0.825. The van der Waals surface area contributed by atoms with Crippen molar-refractivity contribution >= 4 is 0 Å². The molecule has 16 heavy (non-hydrogen) atoms. The number of aliphatic hydroxyl groups excluding tert-OH is 1. The summed E-state index contributed by atoms with van der Waals surface area (Å²) in [7, 11) is 0. The molecule has 0 fully saturated rings. The van der Waals surface area contributed by atoms with Crippen molar-refractivity contribution in [2.45, 2.75) is 19.4 Å². The van der Waals surface area contributed by atoms with Gasteiger partial charge in [-0.15, -0.1) is 13.2 Å². The molecular weight excluding hydrogens is 235 g/mol. The molecule has 0 unspecified atom stereocenters. The number of halogens is 5. The number of benzene rings is 1. The normalized spacial score (nSPS) is 11.9. The fourth-order valence-electron chi connectivity index (χ4n) is 1.08. The van der Waals surface area contributed by atoms with Crippen LogP contribution in [0.4, 0.5) is 22.0 Å². The van der Waals surface area contributed by atoms with Gasteiger partial charge in [-0.25, -0.2) is 8.78 Å². The Balaban J connectivity index is 3.02. The lowest BCUT2D eigenvalue weighted by atomic mass is 10.1. The lowest BCUT2D eigenvalue weighted by Crippen LogP contribution is -2.18. The highest BCUT2D eigenvalue weighted by Gasteiger charge is 2.32. The van der Waals surface area contributed by atoms with Crippen molar-refractivity contribution < 1.29 is 31.8 Å². The van der Waals surface area contributed by atoms with E-state index in [1.54, 1.807) is 0 Å². The van der Waals surface area contributed by atoms with E-state index in [4.69, 9.17) is 5.11 Å². The van der Waals surface area contributed by atoms with Crippen LogP contribution in [-0.4, -0.2) is 11.5 Å². The molecule has 0 radical (unpaired) electrons. The van der Waals surface area contributed by atoms with Gasteiger partial charge in [-0.1, -0.05) is 0 Å². The molecule has 0 aliphatic carbocycles. The Morgan fingerprint density at radius 2 is 1.88 bits per heavy atom. The summed E-state index contributed by atoms with van der Waals surface area (Å²) in [5.41, 5.74) is -0.811. The van der Waals surface area contributed by atoms with Crippen LogP contribution >= 0.6 is 0 Å². The van der Waals surface area contributed by atoms with E-state index in [2.05, 4.69) is 4.74 Å². The number of alkyl halides is 5. The van der Waals surface area contributed by atoms with Crippen molar-refractivity contribution in [2.75, 3.05) is 0 Å². The topological polar surface area (TPSA) is 29.5 Å². The molecule has 0 saturated heterocycles. The van der Waals surface area contributed by atoms with Gasteiger partial charge in [-0.3, -0.25) is 0 Å². The summed E-state index contributed by atoms with van der Waals surface area (Å²) >= 11 is 0. The molecule has 1 aromatic rings. The minimum atomic E-state index is -4.92. The van der Waals surface area contributed by atoms with E-state index < -0.39 is 30.7 Å². The molecule has 90 valence electrons. The van der Waals surface area contributed by atoms with Crippen molar-refractivity contribution in [1.29, 1.82) is 0 Å². The van der Waals surface area contributed by atoms with Crippen LogP contribution in [0.1, 0.15) is 17.6 Å². The molecule has 0 amide bonds. The maximum atomic E-state index is 12.2. The van der Waals surface area contributed by atoms with Gasteiger partial charge in [0.1, 0.15) is 5.75 Å². The molecule has 7 heteroatoms. The van der Waals surface area contributed by atoms with Crippen LogP contribution < -0.4 is 4.74 Å². The van der Waals surface area contributed by atoms with Gasteiger partial charge in [-0.05, 0) is 18.2 Å². The van der Waals surface area contributed by atoms with Crippen molar-refractivity contribution in [3.05, 3.63) is 29.3 Å². The average Bonchev–Trinajstić information content (AvgIpc) is 2.15. The maximum absolute atomic E-state index is 12.2. The van der Waals surface area contributed by atoms with Crippen LogP contribution in [-0.2, 0) is 6.61 Å². The number of ether oxygens (including phenoxy) is 1. The van der Waals surface area contributed by atoms with Gasteiger partial charge < -0.3 is 9.84 Å². The summed E-state index contributed by atoms with van der Waals surface area (Å²) in [5.74, 6) is -0.681. The predicted molar refractivity (Wildman–Crippen MR) is 44.0 cm³/mol. The van der Waals surface area contributed by atoms with Gasteiger partial charge in [0.25, 0.3) is 6.43 Å². The van der Waals surface area contributed by atoms with Crippen molar-refractivity contribution in [3.8, 4) is 5.75 Å².